The quantitative estimate of drug-likeness (QED) is 0.705. The second kappa shape index (κ2) is 9.36. The van der Waals surface area contributed by atoms with E-state index in [4.69, 9.17) is 4.74 Å². The maximum absolute atomic E-state index is 12.6. The topological polar surface area (TPSA) is 51.2 Å². The molecule has 0 saturated heterocycles. The maximum Gasteiger partial charge on any atom is 0.290 e. The van der Waals surface area contributed by atoms with Crippen LogP contribution in [0.3, 0.4) is 0 Å². The first kappa shape index (κ1) is 19.2. The molecule has 1 N–H and O–H groups in total. The Labute approximate surface area is 150 Å². The fourth-order valence-corrected chi connectivity index (χ4v) is 2.64. The van der Waals surface area contributed by atoms with Crippen LogP contribution in [-0.4, -0.2) is 23.3 Å². The molecule has 0 fully saturated rings. The lowest BCUT2D eigenvalue weighted by molar-refractivity contribution is 0.0947. The number of amides is 1. The van der Waals surface area contributed by atoms with E-state index in [1.165, 1.54) is 12.3 Å². The van der Waals surface area contributed by atoms with E-state index in [1.54, 1.807) is 6.07 Å². The number of thioether (sulfide) groups is 1. The van der Waals surface area contributed by atoms with Gasteiger partial charge in [0, 0.05) is 18.3 Å². The molecule has 7 heteroatoms. The molecule has 1 heterocycles. The summed E-state index contributed by atoms with van der Waals surface area (Å²) in [5.74, 6) is -2.00. The van der Waals surface area contributed by atoms with Crippen LogP contribution in [0.5, 0.6) is 5.75 Å². The Kier molecular flexibility index (Phi) is 7.18. The maximum atomic E-state index is 12.6. The molecule has 2 aromatic rings. The van der Waals surface area contributed by atoms with Crippen molar-refractivity contribution in [2.45, 2.75) is 31.2 Å². The predicted octanol–water partition coefficient (Wildman–Crippen LogP) is 4.36. The minimum atomic E-state index is -2.63. The molecule has 2 rings (SSSR count). The van der Waals surface area contributed by atoms with E-state index in [9.17, 15) is 13.6 Å². The number of hydrogen-bond donors (Lipinski definition) is 1. The van der Waals surface area contributed by atoms with Crippen LogP contribution < -0.4 is 10.1 Å². The zero-order valence-corrected chi connectivity index (χ0v) is 14.9. The van der Waals surface area contributed by atoms with Crippen LogP contribution in [0.1, 0.15) is 29.8 Å². The van der Waals surface area contributed by atoms with Gasteiger partial charge in [-0.25, -0.2) is 4.98 Å². The van der Waals surface area contributed by atoms with E-state index in [2.05, 4.69) is 24.1 Å². The number of pyridine rings is 1. The third-order valence-corrected chi connectivity index (χ3v) is 3.93. The van der Waals surface area contributed by atoms with Crippen molar-refractivity contribution in [3.63, 3.8) is 0 Å². The molecule has 1 aromatic carbocycles. The van der Waals surface area contributed by atoms with Crippen molar-refractivity contribution in [2.24, 2.45) is 5.92 Å². The van der Waals surface area contributed by atoms with Crippen molar-refractivity contribution in [3.8, 4) is 5.75 Å². The summed E-state index contributed by atoms with van der Waals surface area (Å²) in [5, 5.41) is 2.75. The molecule has 0 aliphatic rings. The van der Waals surface area contributed by atoms with Gasteiger partial charge in [0.2, 0.25) is 0 Å². The molecule has 1 amide bonds. The van der Waals surface area contributed by atoms with Gasteiger partial charge in [0.1, 0.15) is 10.8 Å². The minimum absolute atomic E-state index is 0.0133. The van der Waals surface area contributed by atoms with Gasteiger partial charge in [0.15, 0.2) is 0 Å². The van der Waals surface area contributed by atoms with Crippen molar-refractivity contribution in [1.82, 2.24) is 10.3 Å². The molecule has 0 spiro atoms. The normalized spacial score (nSPS) is 11.0. The Balaban J connectivity index is 2.06. The molecule has 0 saturated carbocycles. The molecule has 1 aromatic heterocycles. The first-order valence-electron chi connectivity index (χ1n) is 7.86. The van der Waals surface area contributed by atoms with Gasteiger partial charge >= 0.3 is 0 Å². The van der Waals surface area contributed by atoms with Crippen LogP contribution in [0.15, 0.2) is 47.6 Å². The molecule has 134 valence electrons. The number of hydrogen-bond acceptors (Lipinski definition) is 4. The Morgan fingerprint density at radius 2 is 2.00 bits per heavy atom. The Hall–Kier alpha value is -2.15. The monoisotopic (exact) mass is 366 g/mol. The van der Waals surface area contributed by atoms with Crippen LogP contribution in [0.4, 0.5) is 8.78 Å². The largest absolute Gasteiger partial charge is 0.493 e. The first-order valence-corrected chi connectivity index (χ1v) is 8.74. The predicted molar refractivity (Wildman–Crippen MR) is 94.0 cm³/mol. The second-order valence-electron chi connectivity index (χ2n) is 5.73. The second-order valence-corrected chi connectivity index (χ2v) is 6.71. The summed E-state index contributed by atoms with van der Waals surface area (Å²) in [6, 6.07) is 10.4. The smallest absolute Gasteiger partial charge is 0.290 e. The molecule has 25 heavy (non-hydrogen) atoms. The Morgan fingerprint density at radius 3 is 2.72 bits per heavy atom. The number of alkyl halides is 2. The number of carbonyl (C=O) groups excluding carboxylic acids is 1. The van der Waals surface area contributed by atoms with Crippen LogP contribution in [0, 0.1) is 5.92 Å². The highest BCUT2D eigenvalue weighted by Gasteiger charge is 2.17. The number of halogens is 2. The molecule has 4 nitrogen and oxygen atoms in total. The van der Waals surface area contributed by atoms with Gasteiger partial charge < -0.3 is 10.1 Å². The number of nitrogens with zero attached hydrogens (tertiary/aromatic N) is 1. The average Bonchev–Trinajstić information content (AvgIpc) is 2.58. The van der Waals surface area contributed by atoms with E-state index in [0.29, 0.717) is 18.3 Å². The molecule has 0 atom stereocenters. The third-order valence-electron chi connectivity index (χ3n) is 3.20. The number of carbonyl (C=O) groups is 1. The molecule has 0 aliphatic carbocycles. The molecule has 0 bridgehead atoms. The zero-order valence-electron chi connectivity index (χ0n) is 14.0. The van der Waals surface area contributed by atoms with Crippen LogP contribution in [0.25, 0.3) is 0 Å². The van der Waals surface area contributed by atoms with Gasteiger partial charge in [-0.05, 0) is 35.9 Å². The summed E-state index contributed by atoms with van der Waals surface area (Å²) in [4.78, 5) is 16.2. The summed E-state index contributed by atoms with van der Waals surface area (Å²) in [6.45, 7) is 4.91. The number of rotatable bonds is 8. The lowest BCUT2D eigenvalue weighted by Gasteiger charge is -2.14. The SMILES string of the molecule is CC(C)COc1ccccc1CNC(=O)c1cccnc1SC(F)F. The number of para-hydroxylation sites is 1. The van der Waals surface area contributed by atoms with E-state index >= 15 is 0 Å². The molecular weight excluding hydrogens is 346 g/mol. The van der Waals surface area contributed by atoms with E-state index in [1.807, 2.05) is 24.3 Å². The van der Waals surface area contributed by atoms with Crippen molar-refractivity contribution in [1.29, 1.82) is 0 Å². The van der Waals surface area contributed by atoms with Gasteiger partial charge in [0.25, 0.3) is 11.7 Å². The first-order chi connectivity index (χ1) is 12.0. The lowest BCUT2D eigenvalue weighted by Crippen LogP contribution is -2.24. The van der Waals surface area contributed by atoms with Gasteiger partial charge in [-0.15, -0.1) is 0 Å². The molecule has 0 radical (unpaired) electrons. The van der Waals surface area contributed by atoms with Crippen molar-refractivity contribution in [2.75, 3.05) is 6.61 Å². The van der Waals surface area contributed by atoms with Crippen molar-refractivity contribution >= 4 is 17.7 Å². The average molecular weight is 366 g/mol. The number of ether oxygens (including phenoxy) is 1. The summed E-state index contributed by atoms with van der Waals surface area (Å²) in [7, 11) is 0. The fourth-order valence-electron chi connectivity index (χ4n) is 2.06. The van der Waals surface area contributed by atoms with E-state index in [0.717, 1.165) is 5.56 Å². The summed E-state index contributed by atoms with van der Waals surface area (Å²) in [6.07, 6.45) is 1.39. The fraction of sp³-hybridized carbons (Fsp3) is 0.333. The number of benzene rings is 1. The Bertz CT molecular complexity index is 711. The van der Waals surface area contributed by atoms with E-state index < -0.39 is 11.7 Å². The van der Waals surface area contributed by atoms with Gasteiger partial charge in [-0.3, -0.25) is 4.79 Å². The molecule has 0 aliphatic heterocycles. The van der Waals surface area contributed by atoms with Crippen LogP contribution >= 0.6 is 11.8 Å². The summed E-state index contributed by atoms with van der Waals surface area (Å²) in [5.41, 5.74) is 0.955. The van der Waals surface area contributed by atoms with Crippen LogP contribution in [0.2, 0.25) is 0 Å². The lowest BCUT2D eigenvalue weighted by atomic mass is 10.2. The van der Waals surface area contributed by atoms with Gasteiger partial charge in [-0.2, -0.15) is 8.78 Å². The summed E-state index contributed by atoms with van der Waals surface area (Å²) < 4.78 is 30.9. The van der Waals surface area contributed by atoms with Gasteiger partial charge in [-0.1, -0.05) is 32.0 Å². The number of nitrogens with one attached hydrogen (secondary N) is 1. The van der Waals surface area contributed by atoms with Crippen molar-refractivity contribution in [3.05, 3.63) is 53.7 Å². The standard InChI is InChI=1S/C18H20F2N2O2S/c1-12(2)11-24-15-8-4-3-6-13(15)10-22-16(23)14-7-5-9-21-17(14)25-18(19)20/h3-9,12,18H,10-11H2,1-2H3,(H,22,23). The minimum Gasteiger partial charge on any atom is -0.493 e. The highest BCUT2D eigenvalue weighted by Crippen LogP contribution is 2.26. The summed E-state index contributed by atoms with van der Waals surface area (Å²) >= 11 is 0.260. The van der Waals surface area contributed by atoms with Crippen molar-refractivity contribution < 1.29 is 18.3 Å². The highest BCUT2D eigenvalue weighted by atomic mass is 32.2. The zero-order chi connectivity index (χ0) is 18.2. The van der Waals surface area contributed by atoms with E-state index in [-0.39, 0.29) is 28.9 Å². The Morgan fingerprint density at radius 1 is 1.24 bits per heavy atom. The highest BCUT2D eigenvalue weighted by molar-refractivity contribution is 7.99. The number of aromatic nitrogens is 1. The third kappa shape index (κ3) is 6.01. The van der Waals surface area contributed by atoms with Crippen LogP contribution in [-0.2, 0) is 6.54 Å². The van der Waals surface area contributed by atoms with Gasteiger partial charge in [0.05, 0.1) is 12.2 Å². The molecule has 0 unspecified atom stereocenters. The molecular formula is C18H20F2N2O2S.